The van der Waals surface area contributed by atoms with Gasteiger partial charge in [0.25, 0.3) is 0 Å². The number of aliphatic hydroxyl groups excluding tert-OH is 2. The maximum Gasteiger partial charge on any atom is 0.307 e. The summed E-state index contributed by atoms with van der Waals surface area (Å²) in [6.07, 6.45) is 12.0. The number of nitrogens with zero attached hydrogens (tertiary/aromatic N) is 6. The van der Waals surface area contributed by atoms with Crippen molar-refractivity contribution in [3.63, 3.8) is 0 Å². The van der Waals surface area contributed by atoms with Gasteiger partial charge in [0.05, 0.1) is 51.7 Å². The molecule has 0 amide bonds. The minimum Gasteiger partial charge on any atom is -0.465 e. The Bertz CT molecular complexity index is 1600. The number of esters is 6. The number of ether oxygens (including phenoxy) is 6. The van der Waals surface area contributed by atoms with Gasteiger partial charge in [-0.05, 0) is 125 Å². The maximum atomic E-state index is 12.2. The third-order valence-corrected chi connectivity index (χ3v) is 28.2. The minimum atomic E-state index is -0.220. The molecule has 0 unspecified atom stereocenters. The van der Waals surface area contributed by atoms with Crippen molar-refractivity contribution in [3.05, 3.63) is 0 Å². The molecule has 97 heavy (non-hydrogen) atoms. The van der Waals surface area contributed by atoms with Crippen LogP contribution in [0.3, 0.4) is 0 Å². The molecule has 32 heteroatoms. The molecular weight excluding hydrogens is 1470 g/mol. The molecule has 0 radical (unpaired) electrons. The summed E-state index contributed by atoms with van der Waals surface area (Å²) in [7, 11) is 29.5. The fourth-order valence-electron chi connectivity index (χ4n) is 7.54. The van der Waals surface area contributed by atoms with Crippen molar-refractivity contribution in [2.24, 2.45) is 0 Å². The SMILES string of the molecule is CCCSSCCOC(=O)CCN(C)CCCN(C)CCC(=O)OCCSSCCC.CCCSSCCOC(=O)CCN(C)CCCN(C)CCC(=O)OCCSSCCC.CCCSSCCOC(=O)CCN(CCCN(CCO)CCO)CCC(=O)OCCSSCCC. The van der Waals surface area contributed by atoms with Crippen LogP contribution in [0.25, 0.3) is 0 Å². The van der Waals surface area contributed by atoms with Gasteiger partial charge in [0.2, 0.25) is 0 Å². The van der Waals surface area contributed by atoms with Crippen LogP contribution in [0, 0.1) is 0 Å². The van der Waals surface area contributed by atoms with E-state index < -0.39 is 0 Å². The van der Waals surface area contributed by atoms with Gasteiger partial charge in [-0.15, -0.1) is 0 Å². The van der Waals surface area contributed by atoms with E-state index in [1.165, 1.54) is 25.7 Å². The van der Waals surface area contributed by atoms with E-state index in [9.17, 15) is 39.0 Å². The Morgan fingerprint density at radius 1 is 0.247 bits per heavy atom. The summed E-state index contributed by atoms with van der Waals surface area (Å²) >= 11 is 0. The molecule has 0 spiro atoms. The molecule has 20 nitrogen and oxygen atoms in total. The standard InChI is InChI=1S/C23H46N2O6S4.2C21H42N2O4S4/c1-3-18-32-34-20-16-30-22(28)6-10-24(8-5-9-25(12-14-26)13-15-27)11-7-23(29)31-17-21-35-33-19-4-2;2*1-5-16-28-30-18-14-26-20(24)8-12-22(3)10-7-11-23(4)13-9-21(25)27-15-19-31-29-17-6-2/h26-27H,3-21H2,1-2H3;2*5-19H2,1-4H3. The molecule has 0 aliphatic carbocycles. The highest BCUT2D eigenvalue weighted by molar-refractivity contribution is 8.78. The molecule has 0 aromatic heterocycles. The average Bonchev–Trinajstić information content (AvgIpc) is 3.34. The second kappa shape index (κ2) is 82.4. The van der Waals surface area contributed by atoms with Gasteiger partial charge in [0, 0.05) is 121 Å². The van der Waals surface area contributed by atoms with Crippen LogP contribution in [-0.2, 0) is 57.2 Å². The van der Waals surface area contributed by atoms with Crippen LogP contribution in [0.15, 0.2) is 0 Å². The second-order valence-corrected chi connectivity index (χ2v) is 38.3. The largest absolute Gasteiger partial charge is 0.465 e. The van der Waals surface area contributed by atoms with Crippen molar-refractivity contribution < 1.29 is 67.4 Å². The number of carbonyl (C=O) groups is 6. The van der Waals surface area contributed by atoms with E-state index >= 15 is 0 Å². The normalized spacial score (nSPS) is 11.3. The van der Waals surface area contributed by atoms with Crippen molar-refractivity contribution in [3.8, 4) is 0 Å². The fourth-order valence-corrected chi connectivity index (χ4v) is 19.3. The molecule has 0 bridgehead atoms. The lowest BCUT2D eigenvalue weighted by molar-refractivity contribution is -0.145. The summed E-state index contributed by atoms with van der Waals surface area (Å²) in [5.74, 6) is 10.8. The molecule has 0 aromatic rings. The van der Waals surface area contributed by atoms with Crippen LogP contribution in [0.1, 0.15) is 138 Å². The summed E-state index contributed by atoms with van der Waals surface area (Å²) in [4.78, 5) is 84.2. The van der Waals surface area contributed by atoms with Gasteiger partial charge in [-0.25, -0.2) is 0 Å². The second-order valence-electron chi connectivity index (χ2n) is 22.1. The van der Waals surface area contributed by atoms with E-state index in [0.29, 0.717) is 124 Å². The van der Waals surface area contributed by atoms with E-state index in [1.807, 2.05) is 76.3 Å². The van der Waals surface area contributed by atoms with Crippen molar-refractivity contribution in [2.75, 3.05) is 242 Å². The Morgan fingerprint density at radius 2 is 0.423 bits per heavy atom. The highest BCUT2D eigenvalue weighted by Crippen LogP contribution is 2.25. The van der Waals surface area contributed by atoms with Gasteiger partial charge in [0.15, 0.2) is 0 Å². The topological polar surface area (TPSA) is 218 Å². The molecule has 2 N–H and O–H groups in total. The van der Waals surface area contributed by atoms with Crippen LogP contribution < -0.4 is 0 Å². The van der Waals surface area contributed by atoms with Crippen LogP contribution in [0.5, 0.6) is 0 Å². The fraction of sp³-hybridized carbons (Fsp3) is 0.908. The summed E-state index contributed by atoms with van der Waals surface area (Å²) in [6.45, 7) is 25.8. The molecule has 0 fully saturated rings. The van der Waals surface area contributed by atoms with Gasteiger partial charge >= 0.3 is 35.8 Å². The van der Waals surface area contributed by atoms with Crippen molar-refractivity contribution in [1.82, 2.24) is 29.4 Å². The zero-order valence-electron chi connectivity index (χ0n) is 61.0. The van der Waals surface area contributed by atoms with E-state index in [0.717, 1.165) is 134 Å². The van der Waals surface area contributed by atoms with Crippen LogP contribution in [0.4, 0.5) is 0 Å². The van der Waals surface area contributed by atoms with Gasteiger partial charge in [-0.1, -0.05) is 171 Å². The zero-order chi connectivity index (χ0) is 72.3. The van der Waals surface area contributed by atoms with Crippen LogP contribution in [0.2, 0.25) is 0 Å². The van der Waals surface area contributed by atoms with Crippen molar-refractivity contribution >= 4 is 165 Å². The molecule has 0 saturated heterocycles. The predicted octanol–water partition coefficient (Wildman–Crippen LogP) is 12.8. The van der Waals surface area contributed by atoms with E-state index in [1.54, 1.807) is 86.4 Å². The third-order valence-electron chi connectivity index (χ3n) is 12.8. The average molecular weight is 1600 g/mol. The lowest BCUT2D eigenvalue weighted by atomic mass is 10.3. The monoisotopic (exact) mass is 1600 g/mol. The Hall–Kier alpha value is 0.700. The minimum absolute atomic E-state index is 0.0475. The molecular formula is C65H130N6O14S12. The first-order chi connectivity index (χ1) is 47.0. The predicted molar refractivity (Wildman–Crippen MR) is 436 cm³/mol. The number of hydrogen-bond acceptors (Lipinski definition) is 32. The highest BCUT2D eigenvalue weighted by atomic mass is 33.1. The molecule has 576 valence electrons. The van der Waals surface area contributed by atoms with E-state index in [2.05, 4.69) is 66.0 Å². The summed E-state index contributed by atoms with van der Waals surface area (Å²) in [5.41, 5.74) is 0. The van der Waals surface area contributed by atoms with Gasteiger partial charge in [-0.2, -0.15) is 0 Å². The Kier molecular flexibility index (Phi) is 86.5. The van der Waals surface area contributed by atoms with E-state index in [-0.39, 0.29) is 61.9 Å². The first-order valence-corrected chi connectivity index (χ1v) is 49.8. The maximum absolute atomic E-state index is 12.2. The van der Waals surface area contributed by atoms with Gasteiger partial charge < -0.3 is 63.1 Å². The zero-order valence-corrected chi connectivity index (χ0v) is 70.8. The molecule has 0 saturated carbocycles. The smallest absolute Gasteiger partial charge is 0.307 e. The van der Waals surface area contributed by atoms with Crippen molar-refractivity contribution in [1.29, 1.82) is 0 Å². The van der Waals surface area contributed by atoms with Gasteiger partial charge in [-0.3, -0.25) is 33.7 Å². The number of carbonyl (C=O) groups excluding carboxylic acids is 6. The number of hydrogen-bond donors (Lipinski definition) is 2. The molecule has 0 heterocycles. The molecule has 0 rings (SSSR count). The summed E-state index contributed by atoms with van der Waals surface area (Å²) < 4.78 is 31.7. The summed E-state index contributed by atoms with van der Waals surface area (Å²) in [5, 5.41) is 18.4. The van der Waals surface area contributed by atoms with Crippen LogP contribution >= 0.6 is 130 Å². The first-order valence-electron chi connectivity index (χ1n) is 34.9. The van der Waals surface area contributed by atoms with E-state index in [4.69, 9.17) is 28.4 Å². The lowest BCUT2D eigenvalue weighted by Gasteiger charge is -2.24. The highest BCUT2D eigenvalue weighted by Gasteiger charge is 2.16. The Labute approximate surface area is 636 Å². The molecule has 0 aliphatic rings. The first kappa shape index (κ1) is 102. The Balaban J connectivity index is -0.00000137. The Morgan fingerprint density at radius 3 is 0.619 bits per heavy atom. The van der Waals surface area contributed by atoms with Crippen LogP contribution in [-0.4, -0.2) is 317 Å². The molecule has 0 aromatic carbocycles. The third kappa shape index (κ3) is 82.2. The summed E-state index contributed by atoms with van der Waals surface area (Å²) in [6, 6.07) is 0. The number of aliphatic hydroxyl groups is 2. The van der Waals surface area contributed by atoms with Gasteiger partial charge in [0.1, 0.15) is 39.6 Å². The quantitative estimate of drug-likeness (QED) is 0.0250. The lowest BCUT2D eigenvalue weighted by Crippen LogP contribution is -2.35. The number of rotatable bonds is 70. The molecule has 0 atom stereocenters. The molecule has 0 aliphatic heterocycles. The van der Waals surface area contributed by atoms with Crippen molar-refractivity contribution in [2.45, 2.75) is 138 Å².